The Morgan fingerprint density at radius 1 is 1.41 bits per heavy atom. The fraction of sp³-hybridized carbons (Fsp3) is 0.588. The molecule has 0 unspecified atom stereocenters. The summed E-state index contributed by atoms with van der Waals surface area (Å²) in [5.41, 5.74) is 1.41. The van der Waals surface area contributed by atoms with Crippen LogP contribution < -0.4 is 10.1 Å². The third-order valence-electron chi connectivity index (χ3n) is 4.59. The molecule has 1 aromatic carbocycles. The number of aliphatic hydroxyl groups excluding tert-OH is 1. The van der Waals surface area contributed by atoms with Gasteiger partial charge in [0.1, 0.15) is 5.75 Å². The predicted molar refractivity (Wildman–Crippen MR) is 84.9 cm³/mol. The second-order valence-electron chi connectivity index (χ2n) is 6.20. The van der Waals surface area contributed by atoms with Crippen molar-refractivity contribution in [1.29, 1.82) is 0 Å². The van der Waals surface area contributed by atoms with Crippen molar-refractivity contribution >= 4 is 11.6 Å². The summed E-state index contributed by atoms with van der Waals surface area (Å²) in [6, 6.07) is 5.39. The van der Waals surface area contributed by atoms with Gasteiger partial charge in [0.2, 0.25) is 5.91 Å². The third kappa shape index (κ3) is 3.25. The van der Waals surface area contributed by atoms with E-state index >= 15 is 0 Å². The van der Waals surface area contributed by atoms with Crippen LogP contribution in [0.4, 0.5) is 5.69 Å². The van der Waals surface area contributed by atoms with E-state index in [4.69, 9.17) is 4.74 Å². The normalized spacial score (nSPS) is 19.9. The summed E-state index contributed by atoms with van der Waals surface area (Å²) in [6.07, 6.45) is 4.68. The molecule has 2 fully saturated rings. The van der Waals surface area contributed by atoms with Gasteiger partial charge < -0.3 is 15.2 Å². The fourth-order valence-electron chi connectivity index (χ4n) is 3.31. The molecule has 1 heterocycles. The number of methoxy groups -OCH3 is 1. The molecule has 1 saturated carbocycles. The maximum atomic E-state index is 12.7. The maximum absolute atomic E-state index is 12.7. The van der Waals surface area contributed by atoms with Gasteiger partial charge in [-0.3, -0.25) is 9.69 Å². The van der Waals surface area contributed by atoms with E-state index in [1.54, 1.807) is 19.2 Å². The van der Waals surface area contributed by atoms with Crippen LogP contribution in [0.1, 0.15) is 31.2 Å². The van der Waals surface area contributed by atoms with E-state index in [0.29, 0.717) is 17.2 Å². The Morgan fingerprint density at radius 2 is 2.14 bits per heavy atom. The van der Waals surface area contributed by atoms with Crippen LogP contribution in [0.25, 0.3) is 0 Å². The molecule has 1 saturated heterocycles. The van der Waals surface area contributed by atoms with Crippen molar-refractivity contribution in [3.63, 3.8) is 0 Å². The smallest absolute Gasteiger partial charge is 0.242 e. The number of carbonyl (C=O) groups is 1. The molecular weight excluding hydrogens is 280 g/mol. The van der Waals surface area contributed by atoms with Crippen molar-refractivity contribution in [2.45, 2.75) is 38.3 Å². The average Bonchev–Trinajstić information content (AvgIpc) is 3.21. The average molecular weight is 304 g/mol. The quantitative estimate of drug-likeness (QED) is 0.844. The van der Waals surface area contributed by atoms with Crippen LogP contribution in [0.5, 0.6) is 5.75 Å². The number of ether oxygens (including phenoxy) is 1. The summed E-state index contributed by atoms with van der Waals surface area (Å²) in [4.78, 5) is 15.0. The first-order valence-electron chi connectivity index (χ1n) is 8.05. The Labute approximate surface area is 131 Å². The molecule has 2 N–H and O–H groups in total. The van der Waals surface area contributed by atoms with Gasteiger partial charge in [0, 0.05) is 11.3 Å². The van der Waals surface area contributed by atoms with Crippen LogP contribution in [0.3, 0.4) is 0 Å². The molecule has 0 aromatic heterocycles. The molecule has 5 nitrogen and oxygen atoms in total. The monoisotopic (exact) mass is 304 g/mol. The van der Waals surface area contributed by atoms with Crippen molar-refractivity contribution in [1.82, 2.24) is 4.90 Å². The van der Waals surface area contributed by atoms with E-state index in [2.05, 4.69) is 10.2 Å². The third-order valence-corrected chi connectivity index (χ3v) is 4.59. The van der Waals surface area contributed by atoms with E-state index in [9.17, 15) is 9.90 Å². The van der Waals surface area contributed by atoms with Crippen molar-refractivity contribution in [2.75, 3.05) is 25.5 Å². The molecule has 120 valence electrons. The van der Waals surface area contributed by atoms with Gasteiger partial charge in [0.25, 0.3) is 0 Å². The number of amides is 1. The lowest BCUT2D eigenvalue weighted by Gasteiger charge is -2.26. The van der Waals surface area contributed by atoms with E-state index in [0.717, 1.165) is 31.6 Å². The predicted octanol–water partition coefficient (Wildman–Crippen LogP) is 2.00. The lowest BCUT2D eigenvalue weighted by molar-refractivity contribution is -0.121. The zero-order valence-corrected chi connectivity index (χ0v) is 13.0. The number of hydrogen-bond acceptors (Lipinski definition) is 4. The highest BCUT2D eigenvalue weighted by molar-refractivity contribution is 5.95. The standard InChI is InChI=1S/C17H24N2O3/c1-22-15-7-6-14(10-13(15)11-20)18-17(21)16(12-4-5-12)19-8-2-3-9-19/h6-7,10,12,16,20H,2-5,8-9,11H2,1H3,(H,18,21)/t16-/m1/s1. The Bertz CT molecular complexity index is 537. The highest BCUT2D eigenvalue weighted by atomic mass is 16.5. The van der Waals surface area contributed by atoms with Gasteiger partial charge in [-0.25, -0.2) is 0 Å². The lowest BCUT2D eigenvalue weighted by atomic mass is 10.1. The second-order valence-corrected chi connectivity index (χ2v) is 6.20. The van der Waals surface area contributed by atoms with Crippen molar-refractivity contribution in [3.05, 3.63) is 23.8 Å². The van der Waals surface area contributed by atoms with Crippen LogP contribution in [0.15, 0.2) is 18.2 Å². The van der Waals surface area contributed by atoms with Crippen molar-refractivity contribution in [2.24, 2.45) is 5.92 Å². The maximum Gasteiger partial charge on any atom is 0.242 e. The molecule has 1 atom stereocenters. The van der Waals surface area contributed by atoms with Gasteiger partial charge in [-0.15, -0.1) is 0 Å². The number of hydrogen-bond donors (Lipinski definition) is 2. The van der Waals surface area contributed by atoms with Crippen LogP contribution >= 0.6 is 0 Å². The molecule has 3 rings (SSSR count). The molecule has 22 heavy (non-hydrogen) atoms. The Balaban J connectivity index is 1.72. The summed E-state index contributed by atoms with van der Waals surface area (Å²) < 4.78 is 5.19. The number of nitrogens with zero attached hydrogens (tertiary/aromatic N) is 1. The van der Waals surface area contributed by atoms with Crippen LogP contribution in [-0.2, 0) is 11.4 Å². The highest BCUT2D eigenvalue weighted by Crippen LogP contribution is 2.37. The largest absolute Gasteiger partial charge is 0.496 e. The number of benzene rings is 1. The summed E-state index contributed by atoms with van der Waals surface area (Å²) in [5.74, 6) is 1.23. The molecule has 1 aliphatic carbocycles. The minimum atomic E-state index is -0.106. The minimum absolute atomic E-state index is 0.00202. The summed E-state index contributed by atoms with van der Waals surface area (Å²) >= 11 is 0. The first-order chi connectivity index (χ1) is 10.7. The van der Waals surface area contributed by atoms with E-state index < -0.39 is 0 Å². The van der Waals surface area contributed by atoms with Gasteiger partial charge in [-0.2, -0.15) is 0 Å². The van der Waals surface area contributed by atoms with Crippen LogP contribution in [0, 0.1) is 5.92 Å². The van der Waals surface area contributed by atoms with Gasteiger partial charge >= 0.3 is 0 Å². The SMILES string of the molecule is COc1ccc(NC(=O)[C@@H](C2CC2)N2CCCC2)cc1CO. The fourth-order valence-corrected chi connectivity index (χ4v) is 3.31. The first-order valence-corrected chi connectivity index (χ1v) is 8.05. The number of nitrogens with one attached hydrogen (secondary N) is 1. The molecule has 0 spiro atoms. The zero-order chi connectivity index (χ0) is 15.5. The van der Waals surface area contributed by atoms with Crippen molar-refractivity contribution in [3.8, 4) is 5.75 Å². The molecule has 0 bridgehead atoms. The van der Waals surface area contributed by atoms with Gasteiger partial charge in [-0.1, -0.05) is 0 Å². The zero-order valence-electron chi connectivity index (χ0n) is 13.0. The molecule has 0 radical (unpaired) electrons. The number of aliphatic hydroxyl groups is 1. The molecular formula is C17H24N2O3. The number of carbonyl (C=O) groups excluding carboxylic acids is 1. The molecule has 1 amide bonds. The van der Waals surface area contributed by atoms with E-state index in [1.807, 2.05) is 6.07 Å². The summed E-state index contributed by atoms with van der Waals surface area (Å²) in [6.45, 7) is 1.95. The Morgan fingerprint density at radius 3 is 2.73 bits per heavy atom. The summed E-state index contributed by atoms with van der Waals surface area (Å²) in [5, 5.41) is 12.4. The van der Waals surface area contributed by atoms with Gasteiger partial charge in [0.05, 0.1) is 19.8 Å². The number of anilines is 1. The highest BCUT2D eigenvalue weighted by Gasteiger charge is 2.40. The topological polar surface area (TPSA) is 61.8 Å². The minimum Gasteiger partial charge on any atom is -0.496 e. The molecule has 2 aliphatic rings. The molecule has 1 aliphatic heterocycles. The molecule has 1 aromatic rings. The van der Waals surface area contributed by atoms with E-state index in [-0.39, 0.29) is 18.6 Å². The second kappa shape index (κ2) is 6.67. The summed E-state index contributed by atoms with van der Waals surface area (Å²) in [7, 11) is 1.57. The molecule has 5 heteroatoms. The first kappa shape index (κ1) is 15.3. The lowest BCUT2D eigenvalue weighted by Crippen LogP contribution is -2.44. The van der Waals surface area contributed by atoms with E-state index in [1.165, 1.54) is 12.8 Å². The van der Waals surface area contributed by atoms with Crippen LogP contribution in [-0.4, -0.2) is 42.2 Å². The van der Waals surface area contributed by atoms with Crippen molar-refractivity contribution < 1.29 is 14.6 Å². The Hall–Kier alpha value is -1.59. The van der Waals surface area contributed by atoms with Gasteiger partial charge in [0.15, 0.2) is 0 Å². The number of rotatable bonds is 6. The van der Waals surface area contributed by atoms with Gasteiger partial charge in [-0.05, 0) is 62.9 Å². The Kier molecular flexibility index (Phi) is 4.64. The number of likely N-dealkylation sites (tertiary alicyclic amines) is 1. The van der Waals surface area contributed by atoms with Crippen LogP contribution in [0.2, 0.25) is 0 Å².